The third-order valence-electron chi connectivity index (χ3n) is 4.29. The number of β-amino-alcohol motifs (C(OH)–C–C–N with tert-alkyl or cyclic N) is 1. The van der Waals surface area contributed by atoms with Crippen LogP contribution in [0.3, 0.4) is 0 Å². The molecule has 2 saturated heterocycles. The summed E-state index contributed by atoms with van der Waals surface area (Å²) in [7, 11) is 0. The minimum Gasteiger partial charge on any atom is -0.390 e. The lowest BCUT2D eigenvalue weighted by Gasteiger charge is -2.52. The molecule has 0 aromatic rings. The maximum Gasteiger partial charge on any atom is 0.0880 e. The van der Waals surface area contributed by atoms with Crippen LogP contribution in [0.2, 0.25) is 0 Å². The van der Waals surface area contributed by atoms with Gasteiger partial charge < -0.3 is 9.84 Å². The molecule has 0 aromatic carbocycles. The van der Waals surface area contributed by atoms with Crippen molar-refractivity contribution < 1.29 is 9.84 Å². The van der Waals surface area contributed by atoms with E-state index >= 15 is 0 Å². The van der Waals surface area contributed by atoms with E-state index in [1.807, 2.05) is 0 Å². The van der Waals surface area contributed by atoms with E-state index in [1.54, 1.807) is 0 Å². The minimum absolute atomic E-state index is 0.0206. The standard InChI is InChI=1S/C13H26N2O2/c1-10(2)14-5-6-17-12(9-14)13(3,4)15-7-11(16)8-15/h10-12,16H,5-9H2,1-4H3/t12-/m0/s1. The van der Waals surface area contributed by atoms with Crippen LogP contribution in [0.25, 0.3) is 0 Å². The van der Waals surface area contributed by atoms with Gasteiger partial charge in [-0.2, -0.15) is 0 Å². The summed E-state index contributed by atoms with van der Waals surface area (Å²) in [6.45, 7) is 13.4. The zero-order valence-electron chi connectivity index (χ0n) is 11.5. The van der Waals surface area contributed by atoms with E-state index < -0.39 is 0 Å². The van der Waals surface area contributed by atoms with Crippen molar-refractivity contribution in [2.24, 2.45) is 0 Å². The number of morpholine rings is 1. The van der Waals surface area contributed by atoms with Crippen LogP contribution in [0, 0.1) is 0 Å². The van der Waals surface area contributed by atoms with Gasteiger partial charge in [0, 0.05) is 37.8 Å². The fourth-order valence-corrected chi connectivity index (χ4v) is 2.70. The minimum atomic E-state index is -0.140. The van der Waals surface area contributed by atoms with Crippen molar-refractivity contribution in [3.8, 4) is 0 Å². The first-order valence-corrected chi connectivity index (χ1v) is 6.70. The average Bonchev–Trinajstić information content (AvgIpc) is 2.25. The van der Waals surface area contributed by atoms with Crippen LogP contribution in [0.4, 0.5) is 0 Å². The summed E-state index contributed by atoms with van der Waals surface area (Å²) < 4.78 is 5.95. The lowest BCUT2D eigenvalue weighted by molar-refractivity contribution is -0.146. The zero-order chi connectivity index (χ0) is 12.6. The first kappa shape index (κ1) is 13.3. The van der Waals surface area contributed by atoms with Gasteiger partial charge in [-0.05, 0) is 27.7 Å². The molecule has 2 rings (SSSR count). The summed E-state index contributed by atoms with van der Waals surface area (Å²) >= 11 is 0. The van der Waals surface area contributed by atoms with E-state index in [4.69, 9.17) is 4.74 Å². The van der Waals surface area contributed by atoms with E-state index in [0.29, 0.717) is 6.04 Å². The smallest absolute Gasteiger partial charge is 0.0880 e. The third kappa shape index (κ3) is 2.65. The summed E-state index contributed by atoms with van der Waals surface area (Å²) in [5.41, 5.74) is 0.0206. The summed E-state index contributed by atoms with van der Waals surface area (Å²) in [4.78, 5) is 4.80. The number of aliphatic hydroxyl groups excluding tert-OH is 1. The van der Waals surface area contributed by atoms with Gasteiger partial charge in [0.2, 0.25) is 0 Å². The molecule has 2 aliphatic rings. The molecule has 0 bridgehead atoms. The maximum atomic E-state index is 9.43. The number of nitrogens with zero attached hydrogens (tertiary/aromatic N) is 2. The highest BCUT2D eigenvalue weighted by molar-refractivity contribution is 4.98. The predicted molar refractivity (Wildman–Crippen MR) is 68.1 cm³/mol. The Kier molecular flexibility index (Phi) is 3.78. The van der Waals surface area contributed by atoms with Crippen molar-refractivity contribution in [1.29, 1.82) is 0 Å². The summed E-state index contributed by atoms with van der Waals surface area (Å²) in [5, 5.41) is 9.43. The molecule has 1 N–H and O–H groups in total. The largest absolute Gasteiger partial charge is 0.390 e. The number of hydrogen-bond donors (Lipinski definition) is 1. The maximum absolute atomic E-state index is 9.43. The Balaban J connectivity index is 1.96. The lowest BCUT2D eigenvalue weighted by atomic mass is 9.89. The first-order valence-electron chi connectivity index (χ1n) is 6.70. The number of hydrogen-bond acceptors (Lipinski definition) is 4. The van der Waals surface area contributed by atoms with E-state index in [2.05, 4.69) is 37.5 Å². The number of likely N-dealkylation sites (tertiary alicyclic amines) is 1. The molecule has 0 aliphatic carbocycles. The molecule has 0 amide bonds. The van der Waals surface area contributed by atoms with E-state index in [-0.39, 0.29) is 17.7 Å². The highest BCUT2D eigenvalue weighted by atomic mass is 16.5. The molecule has 4 nitrogen and oxygen atoms in total. The summed E-state index contributed by atoms with van der Waals surface area (Å²) in [6.07, 6.45) is 0.102. The highest BCUT2D eigenvalue weighted by Crippen LogP contribution is 2.29. The quantitative estimate of drug-likeness (QED) is 0.784. The number of ether oxygens (including phenoxy) is 1. The van der Waals surface area contributed by atoms with E-state index in [0.717, 1.165) is 32.8 Å². The van der Waals surface area contributed by atoms with Crippen molar-refractivity contribution in [1.82, 2.24) is 9.80 Å². The zero-order valence-corrected chi connectivity index (χ0v) is 11.5. The van der Waals surface area contributed by atoms with Gasteiger partial charge >= 0.3 is 0 Å². The summed E-state index contributed by atoms with van der Waals surface area (Å²) in [6, 6.07) is 0.583. The Bertz CT molecular complexity index is 262. The molecule has 100 valence electrons. The van der Waals surface area contributed by atoms with E-state index in [9.17, 15) is 5.11 Å². The van der Waals surface area contributed by atoms with Crippen LogP contribution in [-0.2, 0) is 4.74 Å². The number of rotatable bonds is 3. The van der Waals surface area contributed by atoms with Gasteiger partial charge in [0.05, 0.1) is 18.8 Å². The molecule has 0 unspecified atom stereocenters. The Labute approximate surface area is 105 Å². The van der Waals surface area contributed by atoms with Crippen molar-refractivity contribution >= 4 is 0 Å². The second-order valence-electron chi connectivity index (χ2n) is 6.16. The third-order valence-corrected chi connectivity index (χ3v) is 4.29. The fourth-order valence-electron chi connectivity index (χ4n) is 2.70. The molecule has 0 aromatic heterocycles. The molecular formula is C13H26N2O2. The average molecular weight is 242 g/mol. The van der Waals surface area contributed by atoms with Crippen molar-refractivity contribution in [3.63, 3.8) is 0 Å². The Morgan fingerprint density at radius 1 is 1.24 bits per heavy atom. The van der Waals surface area contributed by atoms with Gasteiger partial charge in [-0.25, -0.2) is 0 Å². The van der Waals surface area contributed by atoms with E-state index in [1.165, 1.54) is 0 Å². The van der Waals surface area contributed by atoms with Gasteiger partial charge in [-0.15, -0.1) is 0 Å². The second-order valence-corrected chi connectivity index (χ2v) is 6.16. The summed E-state index contributed by atoms with van der Waals surface area (Å²) in [5.74, 6) is 0. The highest BCUT2D eigenvalue weighted by Gasteiger charge is 2.44. The molecule has 1 atom stereocenters. The van der Waals surface area contributed by atoms with Crippen LogP contribution in [0.1, 0.15) is 27.7 Å². The van der Waals surface area contributed by atoms with Gasteiger partial charge in [-0.1, -0.05) is 0 Å². The van der Waals surface area contributed by atoms with Crippen LogP contribution in [0.5, 0.6) is 0 Å². The second kappa shape index (κ2) is 4.84. The molecule has 2 fully saturated rings. The van der Waals surface area contributed by atoms with Gasteiger partial charge in [0.1, 0.15) is 0 Å². The molecule has 4 heteroatoms. The fraction of sp³-hybridized carbons (Fsp3) is 1.00. The Morgan fingerprint density at radius 2 is 1.88 bits per heavy atom. The van der Waals surface area contributed by atoms with Crippen LogP contribution in [-0.4, -0.2) is 71.5 Å². The van der Waals surface area contributed by atoms with Crippen molar-refractivity contribution in [2.45, 2.75) is 51.5 Å². The normalized spacial score (nSPS) is 29.6. The molecule has 17 heavy (non-hydrogen) atoms. The number of aliphatic hydroxyl groups is 1. The Morgan fingerprint density at radius 3 is 2.41 bits per heavy atom. The van der Waals surface area contributed by atoms with Crippen LogP contribution < -0.4 is 0 Å². The molecule has 2 heterocycles. The van der Waals surface area contributed by atoms with Gasteiger partial charge in [0.25, 0.3) is 0 Å². The molecule has 0 spiro atoms. The first-order chi connectivity index (χ1) is 7.91. The Hall–Kier alpha value is -0.160. The van der Waals surface area contributed by atoms with Crippen LogP contribution in [0.15, 0.2) is 0 Å². The topological polar surface area (TPSA) is 35.9 Å². The monoisotopic (exact) mass is 242 g/mol. The molecule has 2 aliphatic heterocycles. The predicted octanol–water partition coefficient (Wildman–Crippen LogP) is 0.551. The van der Waals surface area contributed by atoms with Gasteiger partial charge in [0.15, 0.2) is 0 Å². The SMILES string of the molecule is CC(C)N1CCO[C@H](C(C)(C)N2CC(O)C2)C1. The van der Waals surface area contributed by atoms with Gasteiger partial charge in [-0.3, -0.25) is 9.80 Å². The molecular weight excluding hydrogens is 216 g/mol. The lowest BCUT2D eigenvalue weighted by Crippen LogP contribution is -2.67. The van der Waals surface area contributed by atoms with Crippen molar-refractivity contribution in [3.05, 3.63) is 0 Å². The molecule has 0 saturated carbocycles. The van der Waals surface area contributed by atoms with Crippen LogP contribution >= 0.6 is 0 Å². The van der Waals surface area contributed by atoms with Crippen molar-refractivity contribution in [2.75, 3.05) is 32.8 Å². The molecule has 0 radical (unpaired) electrons.